The molecule has 7 nitrogen and oxygen atoms in total. The van der Waals surface area contributed by atoms with Crippen molar-refractivity contribution in [3.05, 3.63) is 87.7 Å². The third-order valence-electron chi connectivity index (χ3n) is 5.27. The number of nitrogens with one attached hydrogen (secondary N) is 3. The average Bonchev–Trinajstić information content (AvgIpc) is 3.21. The van der Waals surface area contributed by atoms with E-state index in [0.29, 0.717) is 45.2 Å². The smallest absolute Gasteiger partial charge is 0.256 e. The van der Waals surface area contributed by atoms with Crippen LogP contribution in [-0.4, -0.2) is 28.6 Å². The number of H-pyrrole nitrogens is 1. The molecule has 34 heavy (non-hydrogen) atoms. The van der Waals surface area contributed by atoms with Gasteiger partial charge in [-0.3, -0.25) is 14.7 Å². The van der Waals surface area contributed by atoms with Crippen LogP contribution in [0.25, 0.3) is 10.9 Å². The van der Waals surface area contributed by atoms with Crippen LogP contribution in [0.1, 0.15) is 28.3 Å². The molecule has 0 aliphatic carbocycles. The maximum atomic E-state index is 13.5. The molecule has 3 aromatic carbocycles. The second-order valence-corrected chi connectivity index (χ2v) is 8.40. The number of carbonyl (C=O) groups is 2. The molecule has 5 N–H and O–H groups in total. The Morgan fingerprint density at radius 3 is 2.59 bits per heavy atom. The van der Waals surface area contributed by atoms with Gasteiger partial charge in [0.15, 0.2) is 5.82 Å². The van der Waals surface area contributed by atoms with E-state index in [4.69, 9.17) is 28.9 Å². The average molecular weight is 500 g/mol. The summed E-state index contributed by atoms with van der Waals surface area (Å²) in [6.45, 7) is 0.301. The number of amides is 2. The molecule has 0 radical (unpaired) electrons. The van der Waals surface area contributed by atoms with E-state index in [9.17, 15) is 14.0 Å². The van der Waals surface area contributed by atoms with Gasteiger partial charge in [-0.05, 0) is 67.1 Å². The van der Waals surface area contributed by atoms with Crippen molar-refractivity contribution in [1.82, 2.24) is 10.2 Å². The molecule has 1 aromatic heterocycles. The van der Waals surface area contributed by atoms with Crippen LogP contribution >= 0.6 is 23.2 Å². The molecule has 1 atom stereocenters. The number of anilines is 2. The fourth-order valence-corrected chi connectivity index (χ4v) is 3.88. The van der Waals surface area contributed by atoms with E-state index in [-0.39, 0.29) is 17.3 Å². The van der Waals surface area contributed by atoms with Crippen molar-refractivity contribution in [1.29, 1.82) is 0 Å². The lowest BCUT2D eigenvalue weighted by Crippen LogP contribution is -2.23. The van der Waals surface area contributed by atoms with Crippen molar-refractivity contribution in [3.8, 4) is 0 Å². The highest BCUT2D eigenvalue weighted by Gasteiger charge is 2.21. The Bertz CT molecular complexity index is 1370. The fraction of sp³-hybridized carbons (Fsp3) is 0.125. The highest BCUT2D eigenvalue weighted by Crippen LogP contribution is 2.30. The summed E-state index contributed by atoms with van der Waals surface area (Å²) in [5.41, 5.74) is 7.74. The minimum absolute atomic E-state index is 0.159. The maximum Gasteiger partial charge on any atom is 0.256 e. The maximum absolute atomic E-state index is 13.5. The first-order valence-electron chi connectivity index (χ1n) is 10.4. The molecular formula is C24H20Cl2FN5O2. The van der Waals surface area contributed by atoms with Gasteiger partial charge in [0.05, 0.1) is 21.5 Å². The van der Waals surface area contributed by atoms with Crippen LogP contribution in [0.4, 0.5) is 15.9 Å². The summed E-state index contributed by atoms with van der Waals surface area (Å²) in [6.07, 6.45) is 0.409. The molecule has 0 aliphatic rings. The van der Waals surface area contributed by atoms with Gasteiger partial charge in [0, 0.05) is 16.6 Å². The molecular weight excluding hydrogens is 480 g/mol. The van der Waals surface area contributed by atoms with Gasteiger partial charge in [-0.25, -0.2) is 4.39 Å². The van der Waals surface area contributed by atoms with Gasteiger partial charge in [-0.15, -0.1) is 0 Å². The fourth-order valence-electron chi connectivity index (χ4n) is 3.57. The molecule has 1 heterocycles. The number of nitrogens with two attached hydrogens (primary N) is 1. The quantitative estimate of drug-likeness (QED) is 0.275. The molecule has 0 spiro atoms. The molecule has 0 saturated heterocycles. The lowest BCUT2D eigenvalue weighted by Gasteiger charge is -2.17. The van der Waals surface area contributed by atoms with Gasteiger partial charge in [0.1, 0.15) is 5.82 Å². The summed E-state index contributed by atoms with van der Waals surface area (Å²) in [5.74, 6) is -1.57. The number of hydrogen-bond donors (Lipinski definition) is 4. The number of benzene rings is 3. The first kappa shape index (κ1) is 23.7. The van der Waals surface area contributed by atoms with E-state index in [0.717, 1.165) is 6.07 Å². The Morgan fingerprint density at radius 2 is 1.85 bits per heavy atom. The van der Waals surface area contributed by atoms with E-state index >= 15 is 0 Å². The predicted octanol–water partition coefficient (Wildman–Crippen LogP) is 5.33. The van der Waals surface area contributed by atoms with E-state index in [1.807, 2.05) is 0 Å². The van der Waals surface area contributed by atoms with E-state index in [2.05, 4.69) is 20.8 Å². The summed E-state index contributed by atoms with van der Waals surface area (Å²) in [6, 6.07) is 15.5. The zero-order valence-electron chi connectivity index (χ0n) is 17.7. The minimum Gasteiger partial charge on any atom is -0.330 e. The highest BCUT2D eigenvalue weighted by molar-refractivity contribution is 6.42. The topological polar surface area (TPSA) is 113 Å². The number of carbonyl (C=O) groups excluding carboxylic acids is 2. The largest absolute Gasteiger partial charge is 0.330 e. The van der Waals surface area contributed by atoms with E-state index in [1.165, 1.54) is 18.2 Å². The van der Waals surface area contributed by atoms with Gasteiger partial charge in [-0.2, -0.15) is 5.10 Å². The third kappa shape index (κ3) is 5.20. The van der Waals surface area contributed by atoms with Crippen molar-refractivity contribution < 1.29 is 14.0 Å². The van der Waals surface area contributed by atoms with Gasteiger partial charge < -0.3 is 16.4 Å². The summed E-state index contributed by atoms with van der Waals surface area (Å²) in [4.78, 5) is 25.6. The third-order valence-corrected chi connectivity index (χ3v) is 6.01. The second kappa shape index (κ2) is 10.2. The monoisotopic (exact) mass is 499 g/mol. The summed E-state index contributed by atoms with van der Waals surface area (Å²) in [7, 11) is 0. The lowest BCUT2D eigenvalue weighted by molar-refractivity contribution is -0.117. The predicted molar refractivity (Wildman–Crippen MR) is 132 cm³/mol. The molecule has 4 aromatic rings. The number of rotatable bonds is 7. The van der Waals surface area contributed by atoms with Crippen molar-refractivity contribution in [2.45, 2.75) is 12.3 Å². The van der Waals surface area contributed by atoms with Crippen molar-refractivity contribution in [2.75, 3.05) is 17.2 Å². The van der Waals surface area contributed by atoms with Crippen LogP contribution in [0.3, 0.4) is 0 Å². The molecule has 2 amide bonds. The summed E-state index contributed by atoms with van der Waals surface area (Å²) < 4.78 is 13.5. The van der Waals surface area contributed by atoms with Crippen LogP contribution < -0.4 is 16.4 Å². The first-order chi connectivity index (χ1) is 16.4. The van der Waals surface area contributed by atoms with Crippen molar-refractivity contribution in [3.63, 3.8) is 0 Å². The summed E-state index contributed by atoms with van der Waals surface area (Å²) in [5, 5.41) is 13.8. The lowest BCUT2D eigenvalue weighted by atomic mass is 9.94. The van der Waals surface area contributed by atoms with Crippen LogP contribution in [-0.2, 0) is 4.79 Å². The highest BCUT2D eigenvalue weighted by atomic mass is 35.5. The van der Waals surface area contributed by atoms with E-state index in [1.54, 1.807) is 36.4 Å². The first-order valence-corrected chi connectivity index (χ1v) is 11.1. The summed E-state index contributed by atoms with van der Waals surface area (Å²) >= 11 is 12.1. The van der Waals surface area contributed by atoms with Crippen LogP contribution in [0, 0.1) is 5.82 Å². The SMILES string of the molecule is NCCC(C(=O)Nc1ccc2[nH]nc(NC(=O)c3cccc(F)c3)c2c1)c1ccc(Cl)c(Cl)c1. The zero-order chi connectivity index (χ0) is 24.2. The molecule has 1 unspecified atom stereocenters. The number of nitrogens with zero attached hydrogens (tertiary/aromatic N) is 1. The number of hydrogen-bond acceptors (Lipinski definition) is 4. The number of halogens is 3. The van der Waals surface area contributed by atoms with Crippen molar-refractivity contribution in [2.24, 2.45) is 5.73 Å². The van der Waals surface area contributed by atoms with Gasteiger partial charge in [0.25, 0.3) is 5.91 Å². The molecule has 10 heteroatoms. The Labute approximate surface area is 204 Å². The molecule has 0 bridgehead atoms. The Morgan fingerprint density at radius 1 is 1.03 bits per heavy atom. The normalized spacial score (nSPS) is 11.9. The van der Waals surface area contributed by atoms with E-state index < -0.39 is 17.6 Å². The molecule has 0 saturated carbocycles. The van der Waals surface area contributed by atoms with Crippen LogP contribution in [0.2, 0.25) is 10.0 Å². The molecule has 4 rings (SSSR count). The standard InChI is InChI=1S/C24H20Cl2FN5O2/c25-19-6-4-13(11-20(19)26)17(8-9-28)24(34)29-16-5-7-21-18(12-16)22(32-31-21)30-23(33)14-2-1-3-15(27)10-14/h1-7,10-12,17H,8-9,28H2,(H,29,34)(H2,30,31,32,33). The Kier molecular flexibility index (Phi) is 7.12. The molecule has 0 fully saturated rings. The minimum atomic E-state index is -0.535. The second-order valence-electron chi connectivity index (χ2n) is 7.59. The van der Waals surface area contributed by atoms with Crippen molar-refractivity contribution >= 4 is 57.4 Å². The number of aromatic nitrogens is 2. The Balaban J connectivity index is 1.56. The molecule has 0 aliphatic heterocycles. The Hall–Kier alpha value is -3.46. The van der Waals surface area contributed by atoms with Gasteiger partial charge in [-0.1, -0.05) is 35.3 Å². The van der Waals surface area contributed by atoms with Gasteiger partial charge >= 0.3 is 0 Å². The number of fused-ring (bicyclic) bond motifs is 1. The molecule has 174 valence electrons. The zero-order valence-corrected chi connectivity index (χ0v) is 19.3. The van der Waals surface area contributed by atoms with Crippen LogP contribution in [0.15, 0.2) is 60.7 Å². The van der Waals surface area contributed by atoms with Gasteiger partial charge in [0.2, 0.25) is 5.91 Å². The van der Waals surface area contributed by atoms with Crippen LogP contribution in [0.5, 0.6) is 0 Å². The number of aromatic amines is 1.